The van der Waals surface area contributed by atoms with Crippen molar-refractivity contribution in [2.24, 2.45) is 0 Å². The molecule has 1 amide bonds. The molecule has 2 aliphatic heterocycles. The molecule has 0 saturated carbocycles. The van der Waals surface area contributed by atoms with Crippen molar-refractivity contribution in [2.45, 2.75) is 43.1 Å². The number of hydrogen-bond acceptors (Lipinski definition) is 6. The molecular weight excluding hydrogens is 443 g/mol. The van der Waals surface area contributed by atoms with E-state index in [-0.39, 0.29) is 29.6 Å². The maximum absolute atomic E-state index is 13.4. The molecule has 1 fully saturated rings. The number of aromatic nitrogens is 3. The summed E-state index contributed by atoms with van der Waals surface area (Å²) in [5.41, 5.74) is 1.78. The minimum atomic E-state index is -0.301. The highest BCUT2D eigenvalue weighted by molar-refractivity contribution is 7.99. The van der Waals surface area contributed by atoms with Crippen LogP contribution in [0, 0.1) is 5.82 Å². The van der Waals surface area contributed by atoms with Crippen LogP contribution in [0.15, 0.2) is 53.7 Å². The number of nitrogens with one attached hydrogen (secondary N) is 1. The van der Waals surface area contributed by atoms with Crippen LogP contribution in [-0.4, -0.2) is 45.7 Å². The van der Waals surface area contributed by atoms with Gasteiger partial charge in [0.05, 0.1) is 31.1 Å². The van der Waals surface area contributed by atoms with Gasteiger partial charge in [0.2, 0.25) is 5.91 Å². The largest absolute Gasteiger partial charge is 0.493 e. The van der Waals surface area contributed by atoms with Gasteiger partial charge >= 0.3 is 0 Å². The fourth-order valence-electron chi connectivity index (χ4n) is 4.22. The summed E-state index contributed by atoms with van der Waals surface area (Å²) in [7, 11) is 0. The van der Waals surface area contributed by atoms with E-state index in [2.05, 4.69) is 15.5 Å². The Labute approximate surface area is 195 Å². The first-order valence-corrected chi connectivity index (χ1v) is 12.1. The monoisotopic (exact) mass is 468 g/mol. The molecule has 0 spiro atoms. The minimum Gasteiger partial charge on any atom is -0.493 e. The van der Waals surface area contributed by atoms with Gasteiger partial charge in [-0.1, -0.05) is 30.0 Å². The summed E-state index contributed by atoms with van der Waals surface area (Å²) in [6.07, 6.45) is 2.80. The zero-order valence-corrected chi connectivity index (χ0v) is 18.9. The van der Waals surface area contributed by atoms with Crippen molar-refractivity contribution in [2.75, 3.05) is 19.0 Å². The quantitative estimate of drug-likeness (QED) is 0.528. The Balaban J connectivity index is 1.30. The number of para-hydroxylation sites is 1. The van der Waals surface area contributed by atoms with Crippen LogP contribution >= 0.6 is 11.8 Å². The molecule has 3 heterocycles. The number of ether oxygens (including phenoxy) is 2. The van der Waals surface area contributed by atoms with Crippen LogP contribution in [0.3, 0.4) is 0 Å². The predicted molar refractivity (Wildman–Crippen MR) is 123 cm³/mol. The lowest BCUT2D eigenvalue weighted by Gasteiger charge is -2.26. The van der Waals surface area contributed by atoms with E-state index in [9.17, 15) is 9.18 Å². The SMILES string of the molecule is O=C(CSc1nnc(-c2ccc(F)cc2)n1C[C@@H]1CCCO1)N[C@H]1CCOc2ccccc21. The highest BCUT2D eigenvalue weighted by Crippen LogP contribution is 2.32. The molecule has 1 N–H and O–H groups in total. The van der Waals surface area contributed by atoms with Crippen molar-refractivity contribution in [3.8, 4) is 17.1 Å². The standard InChI is InChI=1S/C24H25FN4O3S/c25-17-9-7-16(8-10-17)23-27-28-24(29(23)14-18-4-3-12-31-18)33-15-22(30)26-20-11-13-32-21-6-2-1-5-19(20)21/h1-2,5-10,18,20H,3-4,11-15H2,(H,26,30)/t18-,20-/m0/s1. The number of nitrogens with zero attached hydrogens (tertiary/aromatic N) is 3. The van der Waals surface area contributed by atoms with Crippen molar-refractivity contribution >= 4 is 17.7 Å². The number of amides is 1. The fraction of sp³-hybridized carbons (Fsp3) is 0.375. The molecule has 3 aromatic rings. The molecule has 0 bridgehead atoms. The van der Waals surface area contributed by atoms with Gasteiger partial charge < -0.3 is 14.8 Å². The number of thioether (sulfide) groups is 1. The maximum atomic E-state index is 13.4. The molecule has 5 rings (SSSR count). The number of hydrogen-bond donors (Lipinski definition) is 1. The summed E-state index contributed by atoms with van der Waals surface area (Å²) in [6.45, 7) is 1.92. The van der Waals surface area contributed by atoms with Crippen LogP contribution < -0.4 is 10.1 Å². The molecule has 172 valence electrons. The zero-order valence-electron chi connectivity index (χ0n) is 18.1. The summed E-state index contributed by atoms with van der Waals surface area (Å²) in [5, 5.41) is 12.5. The second-order valence-electron chi connectivity index (χ2n) is 8.14. The van der Waals surface area contributed by atoms with Gasteiger partial charge in [-0.25, -0.2) is 4.39 Å². The number of halogens is 1. The number of carbonyl (C=O) groups is 1. The molecule has 0 aliphatic carbocycles. The van der Waals surface area contributed by atoms with E-state index < -0.39 is 0 Å². The van der Waals surface area contributed by atoms with Gasteiger partial charge in [0, 0.05) is 24.2 Å². The van der Waals surface area contributed by atoms with E-state index >= 15 is 0 Å². The smallest absolute Gasteiger partial charge is 0.230 e. The average molecular weight is 469 g/mol. The summed E-state index contributed by atoms with van der Waals surface area (Å²) >= 11 is 1.34. The van der Waals surface area contributed by atoms with Gasteiger partial charge in [0.25, 0.3) is 0 Å². The summed E-state index contributed by atoms with van der Waals surface area (Å²) in [6, 6.07) is 13.9. The van der Waals surface area contributed by atoms with Crippen molar-refractivity contribution in [3.63, 3.8) is 0 Å². The molecule has 1 saturated heterocycles. The van der Waals surface area contributed by atoms with Gasteiger partial charge in [-0.3, -0.25) is 9.36 Å². The second-order valence-corrected chi connectivity index (χ2v) is 9.08. The number of rotatable bonds is 7. The Hall–Kier alpha value is -2.91. The third-order valence-electron chi connectivity index (χ3n) is 5.86. The maximum Gasteiger partial charge on any atom is 0.230 e. The van der Waals surface area contributed by atoms with Crippen LogP contribution in [-0.2, 0) is 16.1 Å². The summed E-state index contributed by atoms with van der Waals surface area (Å²) in [5.74, 6) is 1.31. The molecular formula is C24H25FN4O3S. The molecule has 2 aromatic carbocycles. The summed E-state index contributed by atoms with van der Waals surface area (Å²) < 4.78 is 26.9. The zero-order chi connectivity index (χ0) is 22.6. The second kappa shape index (κ2) is 9.93. The van der Waals surface area contributed by atoms with Crippen LogP contribution in [0.2, 0.25) is 0 Å². The lowest BCUT2D eigenvalue weighted by Crippen LogP contribution is -2.33. The first kappa shape index (κ1) is 21.9. The van der Waals surface area contributed by atoms with E-state index in [1.54, 1.807) is 12.1 Å². The molecule has 33 heavy (non-hydrogen) atoms. The lowest BCUT2D eigenvalue weighted by atomic mass is 10.0. The Morgan fingerprint density at radius 1 is 1.12 bits per heavy atom. The first-order chi connectivity index (χ1) is 16.2. The molecule has 0 unspecified atom stereocenters. The van der Waals surface area contributed by atoms with Gasteiger partial charge in [-0.2, -0.15) is 0 Å². The minimum absolute atomic E-state index is 0.0671. The Morgan fingerprint density at radius 2 is 1.97 bits per heavy atom. The van der Waals surface area contributed by atoms with Gasteiger partial charge in [0.1, 0.15) is 11.6 Å². The third-order valence-corrected chi connectivity index (χ3v) is 6.82. The number of carbonyl (C=O) groups excluding carboxylic acids is 1. The molecule has 9 heteroatoms. The topological polar surface area (TPSA) is 78.3 Å². The van der Waals surface area contributed by atoms with Crippen LogP contribution in [0.25, 0.3) is 11.4 Å². The highest BCUT2D eigenvalue weighted by atomic mass is 32.2. The van der Waals surface area contributed by atoms with Crippen LogP contribution in [0.1, 0.15) is 30.9 Å². The van der Waals surface area contributed by atoms with Crippen LogP contribution in [0.4, 0.5) is 4.39 Å². The molecule has 1 aromatic heterocycles. The number of fused-ring (bicyclic) bond motifs is 1. The molecule has 2 aliphatic rings. The normalized spacial score (nSPS) is 19.7. The van der Waals surface area contributed by atoms with E-state index in [0.29, 0.717) is 24.1 Å². The molecule has 0 radical (unpaired) electrons. The van der Waals surface area contributed by atoms with Crippen molar-refractivity contribution in [1.29, 1.82) is 0 Å². The van der Waals surface area contributed by atoms with Gasteiger partial charge in [-0.15, -0.1) is 10.2 Å². The Kier molecular flexibility index (Phi) is 6.59. The van der Waals surface area contributed by atoms with E-state index in [4.69, 9.17) is 9.47 Å². The first-order valence-electron chi connectivity index (χ1n) is 11.1. The van der Waals surface area contributed by atoms with E-state index in [1.807, 2.05) is 28.8 Å². The van der Waals surface area contributed by atoms with Gasteiger partial charge in [-0.05, 0) is 43.2 Å². The molecule has 2 atom stereocenters. The fourth-order valence-corrected chi connectivity index (χ4v) is 4.98. The van der Waals surface area contributed by atoms with E-state index in [1.165, 1.54) is 23.9 Å². The average Bonchev–Trinajstić information content (AvgIpc) is 3.49. The van der Waals surface area contributed by atoms with Crippen molar-refractivity contribution in [3.05, 3.63) is 59.9 Å². The van der Waals surface area contributed by atoms with Crippen molar-refractivity contribution < 1.29 is 18.7 Å². The Bertz CT molecular complexity index is 1120. The molecule has 7 nitrogen and oxygen atoms in total. The third kappa shape index (κ3) is 5.04. The lowest BCUT2D eigenvalue weighted by molar-refractivity contribution is -0.119. The summed E-state index contributed by atoms with van der Waals surface area (Å²) in [4.78, 5) is 12.8. The highest BCUT2D eigenvalue weighted by Gasteiger charge is 2.25. The number of benzene rings is 2. The van der Waals surface area contributed by atoms with Gasteiger partial charge in [0.15, 0.2) is 11.0 Å². The van der Waals surface area contributed by atoms with E-state index in [0.717, 1.165) is 42.7 Å². The Morgan fingerprint density at radius 3 is 2.79 bits per heavy atom. The predicted octanol–water partition coefficient (Wildman–Crippen LogP) is 4.00. The van der Waals surface area contributed by atoms with Crippen LogP contribution in [0.5, 0.6) is 5.75 Å². The van der Waals surface area contributed by atoms with Crippen molar-refractivity contribution in [1.82, 2.24) is 20.1 Å².